The largest absolute Gasteiger partial charge is 0.396 e. The van der Waals surface area contributed by atoms with Crippen LogP contribution in [0.3, 0.4) is 0 Å². The van der Waals surface area contributed by atoms with Gasteiger partial charge < -0.3 is 10.4 Å². The lowest BCUT2D eigenvalue weighted by atomic mass is 10.1. The number of nitrogens with one attached hydrogen (secondary N) is 1. The smallest absolute Gasteiger partial charge is 0.0741 e. The summed E-state index contributed by atoms with van der Waals surface area (Å²) in [7, 11) is 0. The normalized spacial score (nSPS) is 11.1. The second kappa shape index (κ2) is 5.17. The molecule has 0 heterocycles. The minimum absolute atomic E-state index is 0.213. The SMILES string of the molecule is C#CC(C)(C)NCCCCO. The van der Waals surface area contributed by atoms with Gasteiger partial charge in [0.25, 0.3) is 0 Å². The average molecular weight is 155 g/mol. The van der Waals surface area contributed by atoms with Crippen LogP contribution in [0.5, 0.6) is 0 Å². The Morgan fingerprint density at radius 2 is 2.09 bits per heavy atom. The number of hydrogen-bond donors (Lipinski definition) is 2. The molecule has 0 aromatic rings. The molecule has 2 N–H and O–H groups in total. The monoisotopic (exact) mass is 155 g/mol. The highest BCUT2D eigenvalue weighted by atomic mass is 16.2. The van der Waals surface area contributed by atoms with Crippen LogP contribution in [-0.2, 0) is 0 Å². The van der Waals surface area contributed by atoms with Crippen LogP contribution in [0.1, 0.15) is 26.7 Å². The van der Waals surface area contributed by atoms with Gasteiger partial charge in [-0.05, 0) is 33.2 Å². The van der Waals surface area contributed by atoms with Gasteiger partial charge in [-0.15, -0.1) is 6.42 Å². The van der Waals surface area contributed by atoms with Gasteiger partial charge in [-0.2, -0.15) is 0 Å². The second-order valence-electron chi connectivity index (χ2n) is 3.13. The van der Waals surface area contributed by atoms with Crippen molar-refractivity contribution in [3.63, 3.8) is 0 Å². The molecule has 64 valence electrons. The summed E-state index contributed by atoms with van der Waals surface area (Å²) in [5.74, 6) is 2.64. The van der Waals surface area contributed by atoms with E-state index in [2.05, 4.69) is 11.2 Å². The lowest BCUT2D eigenvalue weighted by Gasteiger charge is -2.19. The molecular formula is C9H17NO. The van der Waals surface area contributed by atoms with Crippen molar-refractivity contribution in [2.24, 2.45) is 0 Å². The van der Waals surface area contributed by atoms with Crippen LogP contribution in [0.25, 0.3) is 0 Å². The van der Waals surface area contributed by atoms with E-state index < -0.39 is 0 Å². The first kappa shape index (κ1) is 10.5. The molecule has 0 radical (unpaired) electrons. The molecule has 0 aliphatic carbocycles. The summed E-state index contributed by atoms with van der Waals surface area (Å²) in [6.07, 6.45) is 7.07. The highest BCUT2D eigenvalue weighted by Gasteiger charge is 2.10. The highest BCUT2D eigenvalue weighted by molar-refractivity contribution is 5.07. The van der Waals surface area contributed by atoms with Crippen molar-refractivity contribution in [3.8, 4) is 12.3 Å². The van der Waals surface area contributed by atoms with Gasteiger partial charge in [-0.25, -0.2) is 0 Å². The molecule has 0 aliphatic rings. The van der Waals surface area contributed by atoms with Crippen molar-refractivity contribution < 1.29 is 5.11 Å². The van der Waals surface area contributed by atoms with Crippen LogP contribution >= 0.6 is 0 Å². The zero-order valence-corrected chi connectivity index (χ0v) is 7.35. The highest BCUT2D eigenvalue weighted by Crippen LogP contribution is 1.98. The summed E-state index contributed by atoms with van der Waals surface area (Å²) in [6.45, 7) is 5.06. The molecule has 0 atom stereocenters. The van der Waals surface area contributed by atoms with Crippen molar-refractivity contribution in [2.45, 2.75) is 32.2 Å². The van der Waals surface area contributed by atoms with Crippen LogP contribution in [0, 0.1) is 12.3 Å². The van der Waals surface area contributed by atoms with Crippen LogP contribution in [-0.4, -0.2) is 23.8 Å². The van der Waals surface area contributed by atoms with Crippen molar-refractivity contribution in [2.75, 3.05) is 13.2 Å². The minimum Gasteiger partial charge on any atom is -0.396 e. The van der Waals surface area contributed by atoms with Gasteiger partial charge in [0.15, 0.2) is 0 Å². The van der Waals surface area contributed by atoms with Crippen LogP contribution in [0.2, 0.25) is 0 Å². The standard InChI is InChI=1S/C9H17NO/c1-4-9(2,3)10-7-5-6-8-11/h1,10-11H,5-8H2,2-3H3. The van der Waals surface area contributed by atoms with Gasteiger partial charge in [0.2, 0.25) is 0 Å². The van der Waals surface area contributed by atoms with Crippen LogP contribution in [0.4, 0.5) is 0 Å². The Bertz CT molecular complexity index is 135. The van der Waals surface area contributed by atoms with Crippen LogP contribution < -0.4 is 5.32 Å². The number of aliphatic hydroxyl groups is 1. The molecule has 0 rings (SSSR count). The first-order valence-electron chi connectivity index (χ1n) is 3.96. The molecule has 0 spiro atoms. The Balaban J connectivity index is 3.32. The number of aliphatic hydroxyl groups excluding tert-OH is 1. The van der Waals surface area contributed by atoms with Gasteiger partial charge in [-0.1, -0.05) is 5.92 Å². The van der Waals surface area contributed by atoms with Gasteiger partial charge >= 0.3 is 0 Å². The van der Waals surface area contributed by atoms with Crippen LogP contribution in [0.15, 0.2) is 0 Å². The molecular weight excluding hydrogens is 138 g/mol. The minimum atomic E-state index is -0.213. The molecule has 2 heteroatoms. The third kappa shape index (κ3) is 5.90. The molecule has 0 amide bonds. The van der Waals surface area contributed by atoms with Gasteiger partial charge in [0, 0.05) is 6.61 Å². The Morgan fingerprint density at radius 3 is 2.55 bits per heavy atom. The number of rotatable bonds is 5. The summed E-state index contributed by atoms with van der Waals surface area (Å²) in [6, 6.07) is 0. The van der Waals surface area contributed by atoms with E-state index in [-0.39, 0.29) is 12.1 Å². The van der Waals surface area contributed by atoms with E-state index in [0.717, 1.165) is 19.4 Å². The Hall–Kier alpha value is -0.520. The summed E-state index contributed by atoms with van der Waals surface area (Å²) in [5.41, 5.74) is -0.213. The van der Waals surface area contributed by atoms with E-state index in [1.165, 1.54) is 0 Å². The predicted octanol–water partition coefficient (Wildman–Crippen LogP) is 0.760. The van der Waals surface area contributed by atoms with E-state index in [0.29, 0.717) is 0 Å². The average Bonchev–Trinajstić information content (AvgIpc) is 1.99. The fourth-order valence-corrected chi connectivity index (χ4v) is 0.689. The molecule has 11 heavy (non-hydrogen) atoms. The lowest BCUT2D eigenvalue weighted by Crippen LogP contribution is -2.38. The topological polar surface area (TPSA) is 32.3 Å². The lowest BCUT2D eigenvalue weighted by molar-refractivity contribution is 0.282. The van der Waals surface area contributed by atoms with Crippen molar-refractivity contribution in [1.82, 2.24) is 5.32 Å². The van der Waals surface area contributed by atoms with E-state index in [9.17, 15) is 0 Å². The third-order valence-corrected chi connectivity index (χ3v) is 1.51. The quantitative estimate of drug-likeness (QED) is 0.454. The first-order chi connectivity index (χ1) is 5.12. The van der Waals surface area contributed by atoms with E-state index in [4.69, 9.17) is 11.5 Å². The van der Waals surface area contributed by atoms with Crippen molar-refractivity contribution in [3.05, 3.63) is 0 Å². The maximum absolute atomic E-state index is 8.48. The number of hydrogen-bond acceptors (Lipinski definition) is 2. The molecule has 0 unspecified atom stereocenters. The maximum Gasteiger partial charge on any atom is 0.0741 e. The maximum atomic E-state index is 8.48. The molecule has 0 saturated carbocycles. The number of unbranched alkanes of at least 4 members (excludes halogenated alkanes) is 1. The zero-order valence-electron chi connectivity index (χ0n) is 7.35. The Kier molecular flexibility index (Phi) is 4.93. The van der Waals surface area contributed by atoms with Crippen molar-refractivity contribution >= 4 is 0 Å². The van der Waals surface area contributed by atoms with Gasteiger partial charge in [0.05, 0.1) is 5.54 Å². The second-order valence-corrected chi connectivity index (χ2v) is 3.13. The Labute approximate surface area is 69.0 Å². The summed E-state index contributed by atoms with van der Waals surface area (Å²) >= 11 is 0. The predicted molar refractivity (Wildman–Crippen MR) is 47.2 cm³/mol. The molecule has 0 bridgehead atoms. The molecule has 0 aliphatic heterocycles. The first-order valence-corrected chi connectivity index (χ1v) is 3.96. The molecule has 0 saturated heterocycles. The third-order valence-electron chi connectivity index (χ3n) is 1.51. The summed E-state index contributed by atoms with van der Waals surface area (Å²) < 4.78 is 0. The van der Waals surface area contributed by atoms with Gasteiger partial charge in [0.1, 0.15) is 0 Å². The van der Waals surface area contributed by atoms with E-state index >= 15 is 0 Å². The zero-order chi connectivity index (χ0) is 8.74. The Morgan fingerprint density at radius 1 is 1.45 bits per heavy atom. The fourth-order valence-electron chi connectivity index (χ4n) is 0.689. The van der Waals surface area contributed by atoms with E-state index in [1.54, 1.807) is 0 Å². The summed E-state index contributed by atoms with van der Waals surface area (Å²) in [4.78, 5) is 0. The molecule has 0 fully saturated rings. The molecule has 2 nitrogen and oxygen atoms in total. The van der Waals surface area contributed by atoms with E-state index in [1.807, 2.05) is 13.8 Å². The molecule has 0 aromatic carbocycles. The van der Waals surface area contributed by atoms with Crippen molar-refractivity contribution in [1.29, 1.82) is 0 Å². The fraction of sp³-hybridized carbons (Fsp3) is 0.778. The molecule has 0 aromatic heterocycles. The summed E-state index contributed by atoms with van der Waals surface area (Å²) in [5, 5.41) is 11.7. The van der Waals surface area contributed by atoms with Gasteiger partial charge in [-0.3, -0.25) is 0 Å². The number of terminal acetylenes is 1.